The van der Waals surface area contributed by atoms with Gasteiger partial charge in [0.15, 0.2) is 0 Å². The van der Waals surface area contributed by atoms with Crippen LogP contribution in [0.5, 0.6) is 0 Å². The summed E-state index contributed by atoms with van der Waals surface area (Å²) in [5.41, 5.74) is 1.06. The number of amides is 1. The molecule has 0 aromatic carbocycles. The SMILES string of the molecule is Cl.O=C(Cl)N1CCc2cc(Br)cnc21. The van der Waals surface area contributed by atoms with Crippen molar-refractivity contribution in [1.29, 1.82) is 0 Å². The Morgan fingerprint density at radius 3 is 3.00 bits per heavy atom. The third-order valence-corrected chi connectivity index (χ3v) is 2.62. The van der Waals surface area contributed by atoms with E-state index in [2.05, 4.69) is 20.9 Å². The van der Waals surface area contributed by atoms with Crippen molar-refractivity contribution in [3.05, 3.63) is 22.3 Å². The lowest BCUT2D eigenvalue weighted by Gasteiger charge is -2.10. The van der Waals surface area contributed by atoms with Crippen molar-refractivity contribution in [3.8, 4) is 0 Å². The van der Waals surface area contributed by atoms with Gasteiger partial charge in [0.25, 0.3) is 0 Å². The summed E-state index contributed by atoms with van der Waals surface area (Å²) in [6, 6.07) is 1.96. The highest BCUT2D eigenvalue weighted by Crippen LogP contribution is 2.28. The quantitative estimate of drug-likeness (QED) is 0.545. The summed E-state index contributed by atoms with van der Waals surface area (Å²) in [7, 11) is 0. The number of halogens is 3. The third-order valence-electron chi connectivity index (χ3n) is 1.98. The topological polar surface area (TPSA) is 33.2 Å². The number of carbonyl (C=O) groups is 1. The van der Waals surface area contributed by atoms with Crippen LogP contribution >= 0.6 is 39.9 Å². The smallest absolute Gasteiger partial charge is 0.283 e. The lowest BCUT2D eigenvalue weighted by Crippen LogP contribution is -2.23. The predicted octanol–water partition coefficient (Wildman–Crippen LogP) is 2.99. The van der Waals surface area contributed by atoms with E-state index in [9.17, 15) is 4.79 Å². The minimum Gasteiger partial charge on any atom is -0.283 e. The summed E-state index contributed by atoms with van der Waals surface area (Å²) in [6.07, 6.45) is 2.48. The van der Waals surface area contributed by atoms with Gasteiger partial charge in [-0.3, -0.25) is 9.69 Å². The normalized spacial score (nSPS) is 13.4. The number of hydrogen-bond acceptors (Lipinski definition) is 2. The van der Waals surface area contributed by atoms with E-state index in [0.29, 0.717) is 12.4 Å². The molecule has 0 radical (unpaired) electrons. The first-order valence-corrected chi connectivity index (χ1v) is 4.97. The molecule has 0 N–H and O–H groups in total. The van der Waals surface area contributed by atoms with Crippen molar-refractivity contribution in [1.82, 2.24) is 4.98 Å². The summed E-state index contributed by atoms with van der Waals surface area (Å²) in [6.45, 7) is 0.626. The van der Waals surface area contributed by atoms with Gasteiger partial charge in [-0.05, 0) is 45.6 Å². The highest BCUT2D eigenvalue weighted by Gasteiger charge is 2.24. The molecular formula is C8H7BrCl2N2O. The lowest BCUT2D eigenvalue weighted by atomic mass is 10.2. The molecule has 0 unspecified atom stereocenters. The van der Waals surface area contributed by atoms with E-state index < -0.39 is 5.37 Å². The Kier molecular flexibility index (Phi) is 3.75. The van der Waals surface area contributed by atoms with Crippen LogP contribution in [-0.4, -0.2) is 16.9 Å². The average Bonchev–Trinajstić information content (AvgIpc) is 2.46. The second kappa shape index (κ2) is 4.47. The largest absolute Gasteiger partial charge is 0.322 e. The molecular weight excluding hydrogens is 291 g/mol. The Hall–Kier alpha value is -0.320. The second-order valence-electron chi connectivity index (χ2n) is 2.79. The number of pyridine rings is 1. The number of hydrogen-bond donors (Lipinski definition) is 0. The maximum atomic E-state index is 10.9. The van der Waals surface area contributed by atoms with E-state index >= 15 is 0 Å². The van der Waals surface area contributed by atoms with Crippen molar-refractivity contribution < 1.29 is 4.79 Å². The predicted molar refractivity (Wildman–Crippen MR) is 61.5 cm³/mol. The number of rotatable bonds is 0. The van der Waals surface area contributed by atoms with E-state index in [0.717, 1.165) is 16.5 Å². The Labute approximate surface area is 101 Å². The molecule has 0 saturated carbocycles. The Bertz CT molecular complexity index is 372. The van der Waals surface area contributed by atoms with Crippen LogP contribution in [0, 0.1) is 0 Å². The summed E-state index contributed by atoms with van der Waals surface area (Å²) in [5, 5.41) is -0.464. The molecule has 1 aromatic rings. The monoisotopic (exact) mass is 296 g/mol. The fourth-order valence-electron chi connectivity index (χ4n) is 1.41. The van der Waals surface area contributed by atoms with Crippen LogP contribution in [0.4, 0.5) is 10.6 Å². The van der Waals surface area contributed by atoms with Crippen molar-refractivity contribution in [3.63, 3.8) is 0 Å². The van der Waals surface area contributed by atoms with E-state index in [1.54, 1.807) is 6.20 Å². The molecule has 0 atom stereocenters. The van der Waals surface area contributed by atoms with Crippen LogP contribution < -0.4 is 4.90 Å². The van der Waals surface area contributed by atoms with Gasteiger partial charge in [-0.1, -0.05) is 0 Å². The Balaban J connectivity index is 0.000000980. The van der Waals surface area contributed by atoms with Crippen LogP contribution in [0.25, 0.3) is 0 Å². The fraction of sp³-hybridized carbons (Fsp3) is 0.250. The maximum absolute atomic E-state index is 10.9. The molecule has 1 aliphatic heterocycles. The molecule has 6 heteroatoms. The molecule has 1 amide bonds. The molecule has 0 fully saturated rings. The summed E-state index contributed by atoms with van der Waals surface area (Å²) in [4.78, 5) is 16.5. The number of fused-ring (bicyclic) bond motifs is 1. The molecule has 0 spiro atoms. The third kappa shape index (κ3) is 2.02. The van der Waals surface area contributed by atoms with Crippen LogP contribution in [0.3, 0.4) is 0 Å². The van der Waals surface area contributed by atoms with Crippen LogP contribution in [0.1, 0.15) is 5.56 Å². The van der Waals surface area contributed by atoms with Crippen molar-refractivity contribution in [2.75, 3.05) is 11.4 Å². The standard InChI is InChI=1S/C8H6BrClN2O.ClH/c9-6-3-5-1-2-12(8(10)13)7(5)11-4-6;/h3-4H,1-2H2;1H. The number of anilines is 1. The molecule has 1 aliphatic rings. The van der Waals surface area contributed by atoms with Gasteiger partial charge in [0.1, 0.15) is 5.82 Å². The molecule has 14 heavy (non-hydrogen) atoms. The second-order valence-corrected chi connectivity index (χ2v) is 4.03. The number of nitrogens with zero attached hydrogens (tertiary/aromatic N) is 2. The van der Waals surface area contributed by atoms with Gasteiger partial charge in [-0.2, -0.15) is 0 Å². The Morgan fingerprint density at radius 2 is 2.36 bits per heavy atom. The van der Waals surface area contributed by atoms with Gasteiger partial charge in [0.05, 0.1) is 0 Å². The highest BCUT2D eigenvalue weighted by atomic mass is 79.9. The fourth-order valence-corrected chi connectivity index (χ4v) is 1.95. The molecule has 2 heterocycles. The summed E-state index contributed by atoms with van der Waals surface area (Å²) in [5.74, 6) is 0.684. The summed E-state index contributed by atoms with van der Waals surface area (Å²) < 4.78 is 0.926. The van der Waals surface area contributed by atoms with Crippen molar-refractivity contribution in [2.45, 2.75) is 6.42 Å². The molecule has 2 rings (SSSR count). The maximum Gasteiger partial charge on any atom is 0.322 e. The zero-order valence-corrected chi connectivity index (χ0v) is 10.2. The van der Waals surface area contributed by atoms with Crippen LogP contribution in [0.15, 0.2) is 16.7 Å². The van der Waals surface area contributed by atoms with E-state index in [1.165, 1.54) is 4.90 Å². The first-order valence-electron chi connectivity index (χ1n) is 3.80. The van der Waals surface area contributed by atoms with Crippen molar-refractivity contribution in [2.24, 2.45) is 0 Å². The van der Waals surface area contributed by atoms with Gasteiger partial charge in [-0.25, -0.2) is 4.98 Å². The molecule has 0 bridgehead atoms. The Morgan fingerprint density at radius 1 is 1.64 bits per heavy atom. The highest BCUT2D eigenvalue weighted by molar-refractivity contribution is 9.10. The zero-order valence-electron chi connectivity index (χ0n) is 7.04. The molecule has 3 nitrogen and oxygen atoms in total. The van der Waals surface area contributed by atoms with E-state index in [4.69, 9.17) is 11.6 Å². The van der Waals surface area contributed by atoms with Gasteiger partial charge in [0.2, 0.25) is 0 Å². The first-order chi connectivity index (χ1) is 6.18. The van der Waals surface area contributed by atoms with Crippen LogP contribution in [-0.2, 0) is 6.42 Å². The van der Waals surface area contributed by atoms with Crippen LogP contribution in [0.2, 0.25) is 0 Å². The van der Waals surface area contributed by atoms with E-state index in [-0.39, 0.29) is 12.4 Å². The number of carbonyl (C=O) groups excluding carboxylic acids is 1. The molecule has 0 aliphatic carbocycles. The van der Waals surface area contributed by atoms with Gasteiger partial charge in [-0.15, -0.1) is 12.4 Å². The zero-order chi connectivity index (χ0) is 9.42. The van der Waals surface area contributed by atoms with Gasteiger partial charge < -0.3 is 0 Å². The van der Waals surface area contributed by atoms with Crippen molar-refractivity contribution >= 4 is 51.1 Å². The van der Waals surface area contributed by atoms with Gasteiger partial charge in [0, 0.05) is 17.2 Å². The first kappa shape index (κ1) is 11.8. The molecule has 0 saturated heterocycles. The minimum atomic E-state index is -0.464. The van der Waals surface area contributed by atoms with E-state index in [1.807, 2.05) is 6.07 Å². The summed E-state index contributed by atoms with van der Waals surface area (Å²) >= 11 is 8.71. The van der Waals surface area contributed by atoms with Gasteiger partial charge >= 0.3 is 5.37 Å². The molecule has 76 valence electrons. The number of aromatic nitrogens is 1. The minimum absolute atomic E-state index is 0. The lowest BCUT2D eigenvalue weighted by molar-refractivity contribution is 0.264. The average molecular weight is 298 g/mol. The molecule has 1 aromatic heterocycles.